The summed E-state index contributed by atoms with van der Waals surface area (Å²) in [6, 6.07) is 20.7. The number of piperidine rings is 1. The highest BCUT2D eigenvalue weighted by atomic mass is 16.2. The number of nitrogens with zero attached hydrogens (tertiary/aromatic N) is 3. The number of amides is 2. The number of hydrogen-bond acceptors (Lipinski definition) is 4. The summed E-state index contributed by atoms with van der Waals surface area (Å²) >= 11 is 0. The van der Waals surface area contributed by atoms with Crippen LogP contribution in [0.15, 0.2) is 54.6 Å². The molecule has 2 unspecified atom stereocenters. The number of primary amides is 1. The lowest BCUT2D eigenvalue weighted by atomic mass is 9.84. The van der Waals surface area contributed by atoms with Gasteiger partial charge in [-0.25, -0.2) is 0 Å². The second kappa shape index (κ2) is 9.97. The van der Waals surface area contributed by atoms with Gasteiger partial charge in [-0.1, -0.05) is 42.5 Å². The minimum atomic E-state index is -0.382. The van der Waals surface area contributed by atoms with Crippen molar-refractivity contribution in [1.29, 1.82) is 5.26 Å². The lowest BCUT2D eigenvalue weighted by Crippen LogP contribution is -2.46. The average molecular weight is 431 g/mol. The molecule has 32 heavy (non-hydrogen) atoms. The van der Waals surface area contributed by atoms with E-state index in [2.05, 4.69) is 11.0 Å². The van der Waals surface area contributed by atoms with Gasteiger partial charge in [-0.15, -0.1) is 0 Å². The van der Waals surface area contributed by atoms with Crippen molar-refractivity contribution in [1.82, 2.24) is 9.80 Å². The fourth-order valence-electron chi connectivity index (χ4n) is 5.37. The molecule has 2 bridgehead atoms. The van der Waals surface area contributed by atoms with Crippen molar-refractivity contribution in [2.24, 2.45) is 5.73 Å². The van der Waals surface area contributed by atoms with Crippen LogP contribution in [0.3, 0.4) is 0 Å². The smallest absolute Gasteiger partial charge is 0.248 e. The fourth-order valence-corrected chi connectivity index (χ4v) is 5.37. The Balaban J connectivity index is 1.40. The summed E-state index contributed by atoms with van der Waals surface area (Å²) in [6.07, 6.45) is 4.37. The molecular formula is C26H30N4O2. The summed E-state index contributed by atoms with van der Waals surface area (Å²) in [7, 11) is 0. The normalized spacial score (nSPS) is 22.3. The number of carbonyl (C=O) groups excluding carboxylic acids is 2. The number of rotatable bonds is 8. The first kappa shape index (κ1) is 22.0. The molecule has 2 aliphatic rings. The van der Waals surface area contributed by atoms with Crippen LogP contribution in [0, 0.1) is 11.3 Å². The van der Waals surface area contributed by atoms with Crippen LogP contribution in [0.1, 0.15) is 59.5 Å². The molecule has 2 fully saturated rings. The van der Waals surface area contributed by atoms with Crippen LogP contribution in [0.4, 0.5) is 0 Å². The minimum Gasteiger partial charge on any atom is -0.366 e. The van der Waals surface area contributed by atoms with E-state index in [4.69, 9.17) is 11.0 Å². The molecule has 0 aliphatic carbocycles. The van der Waals surface area contributed by atoms with Crippen molar-refractivity contribution in [3.05, 3.63) is 71.3 Å². The SMILES string of the molecule is N#CCC(=O)N(CCN1C2CCC1CC(c1cccc(C(N)=O)c1)C2)Cc1ccccc1. The van der Waals surface area contributed by atoms with Gasteiger partial charge in [0.15, 0.2) is 0 Å². The van der Waals surface area contributed by atoms with Gasteiger partial charge < -0.3 is 10.6 Å². The molecule has 0 spiro atoms. The number of benzene rings is 2. The second-order valence-electron chi connectivity index (χ2n) is 8.92. The van der Waals surface area contributed by atoms with E-state index in [9.17, 15) is 9.59 Å². The summed E-state index contributed by atoms with van der Waals surface area (Å²) in [5.41, 5.74) is 8.32. The van der Waals surface area contributed by atoms with Crippen molar-refractivity contribution >= 4 is 11.8 Å². The molecule has 2 aromatic rings. The van der Waals surface area contributed by atoms with E-state index in [0.29, 0.717) is 36.7 Å². The number of hydrogen-bond donors (Lipinski definition) is 1. The zero-order valence-electron chi connectivity index (χ0n) is 18.3. The van der Waals surface area contributed by atoms with E-state index in [1.54, 1.807) is 6.07 Å². The van der Waals surface area contributed by atoms with E-state index in [1.165, 1.54) is 18.4 Å². The Hall–Kier alpha value is -3.17. The molecular weight excluding hydrogens is 400 g/mol. The maximum Gasteiger partial charge on any atom is 0.248 e. The Labute approximate surface area is 189 Å². The third kappa shape index (κ3) is 5.00. The van der Waals surface area contributed by atoms with Gasteiger partial charge in [0.2, 0.25) is 11.8 Å². The van der Waals surface area contributed by atoms with Crippen molar-refractivity contribution in [2.75, 3.05) is 13.1 Å². The maximum absolute atomic E-state index is 12.6. The quantitative estimate of drug-likeness (QED) is 0.695. The lowest BCUT2D eigenvalue weighted by molar-refractivity contribution is -0.131. The summed E-state index contributed by atoms with van der Waals surface area (Å²) in [5, 5.41) is 9.02. The standard InChI is InChI=1S/C26H30N4O2/c27-12-11-25(31)29(18-19-5-2-1-3-6-19)13-14-30-23-9-10-24(30)17-22(16-23)20-7-4-8-21(15-20)26(28)32/h1-8,15,22-24H,9-11,13-14,16-18H2,(H2,28,32). The van der Waals surface area contributed by atoms with E-state index in [1.807, 2.05) is 53.4 Å². The van der Waals surface area contributed by atoms with E-state index in [0.717, 1.165) is 24.9 Å². The summed E-state index contributed by atoms with van der Waals surface area (Å²) in [6.45, 7) is 1.99. The van der Waals surface area contributed by atoms with Crippen LogP contribution in [0.5, 0.6) is 0 Å². The van der Waals surface area contributed by atoms with Gasteiger partial charge in [0.1, 0.15) is 6.42 Å². The van der Waals surface area contributed by atoms with Crippen LogP contribution in [-0.2, 0) is 11.3 Å². The second-order valence-corrected chi connectivity index (χ2v) is 8.92. The zero-order chi connectivity index (χ0) is 22.5. The van der Waals surface area contributed by atoms with Crippen LogP contribution >= 0.6 is 0 Å². The van der Waals surface area contributed by atoms with Gasteiger partial charge in [0.05, 0.1) is 6.07 Å². The molecule has 0 saturated carbocycles. The van der Waals surface area contributed by atoms with E-state index < -0.39 is 0 Å². The highest BCUT2D eigenvalue weighted by Gasteiger charge is 2.41. The first-order chi connectivity index (χ1) is 15.5. The molecule has 2 saturated heterocycles. The summed E-state index contributed by atoms with van der Waals surface area (Å²) < 4.78 is 0. The molecule has 6 nitrogen and oxygen atoms in total. The van der Waals surface area contributed by atoms with Crippen molar-refractivity contribution in [3.8, 4) is 6.07 Å². The monoisotopic (exact) mass is 430 g/mol. The van der Waals surface area contributed by atoms with Crippen LogP contribution in [0.25, 0.3) is 0 Å². The molecule has 2 atom stereocenters. The predicted octanol–water partition coefficient (Wildman–Crippen LogP) is 3.44. The third-order valence-corrected chi connectivity index (χ3v) is 6.95. The molecule has 2 aromatic carbocycles. The molecule has 4 rings (SSSR count). The highest BCUT2D eigenvalue weighted by Crippen LogP contribution is 2.43. The summed E-state index contributed by atoms with van der Waals surface area (Å²) in [4.78, 5) is 28.5. The number of fused-ring (bicyclic) bond motifs is 2. The first-order valence-electron chi connectivity index (χ1n) is 11.4. The largest absolute Gasteiger partial charge is 0.366 e. The topological polar surface area (TPSA) is 90.4 Å². The molecule has 2 N–H and O–H groups in total. The van der Waals surface area contributed by atoms with Gasteiger partial charge >= 0.3 is 0 Å². The predicted molar refractivity (Wildman–Crippen MR) is 123 cm³/mol. The van der Waals surface area contributed by atoms with Gasteiger partial charge in [-0.05, 0) is 54.9 Å². The Morgan fingerprint density at radius 2 is 1.78 bits per heavy atom. The van der Waals surface area contributed by atoms with Gasteiger partial charge in [0, 0.05) is 37.3 Å². The molecule has 2 heterocycles. The molecule has 2 amide bonds. The van der Waals surface area contributed by atoms with E-state index >= 15 is 0 Å². The minimum absolute atomic E-state index is 0.0853. The van der Waals surface area contributed by atoms with E-state index in [-0.39, 0.29) is 18.2 Å². The van der Waals surface area contributed by atoms with Gasteiger partial charge in [-0.2, -0.15) is 5.26 Å². The fraction of sp³-hybridized carbons (Fsp3) is 0.423. The van der Waals surface area contributed by atoms with Crippen LogP contribution in [0.2, 0.25) is 0 Å². The number of nitrogens with two attached hydrogens (primary N) is 1. The molecule has 166 valence electrons. The van der Waals surface area contributed by atoms with Gasteiger partial charge in [-0.3, -0.25) is 14.5 Å². The third-order valence-electron chi connectivity index (χ3n) is 6.95. The molecule has 0 radical (unpaired) electrons. The summed E-state index contributed by atoms with van der Waals surface area (Å²) in [5.74, 6) is -0.0571. The Bertz CT molecular complexity index is 986. The number of nitriles is 1. The molecule has 2 aliphatic heterocycles. The molecule has 6 heteroatoms. The lowest BCUT2D eigenvalue weighted by Gasteiger charge is -2.40. The Morgan fingerprint density at radius 1 is 1.06 bits per heavy atom. The zero-order valence-corrected chi connectivity index (χ0v) is 18.3. The van der Waals surface area contributed by atoms with Crippen LogP contribution in [-0.4, -0.2) is 46.8 Å². The maximum atomic E-state index is 12.6. The van der Waals surface area contributed by atoms with Crippen molar-refractivity contribution < 1.29 is 9.59 Å². The molecule has 0 aromatic heterocycles. The Kier molecular flexibility index (Phi) is 6.87. The Morgan fingerprint density at radius 3 is 2.44 bits per heavy atom. The van der Waals surface area contributed by atoms with Crippen molar-refractivity contribution in [2.45, 2.75) is 56.7 Å². The highest BCUT2D eigenvalue weighted by molar-refractivity contribution is 5.92. The van der Waals surface area contributed by atoms with Crippen molar-refractivity contribution in [3.63, 3.8) is 0 Å². The van der Waals surface area contributed by atoms with Crippen LogP contribution < -0.4 is 5.73 Å². The number of carbonyl (C=O) groups is 2. The average Bonchev–Trinajstić information content (AvgIpc) is 3.04. The first-order valence-corrected chi connectivity index (χ1v) is 11.4. The van der Waals surface area contributed by atoms with Gasteiger partial charge in [0.25, 0.3) is 0 Å².